The fraction of sp³-hybridized carbons (Fsp3) is 0.320. The minimum Gasteiger partial charge on any atom is -0.497 e. The molecule has 0 aliphatic heterocycles. The molecule has 9 heteroatoms. The molecule has 34 heavy (non-hydrogen) atoms. The first-order valence-electron chi connectivity index (χ1n) is 10.9. The van der Waals surface area contributed by atoms with Gasteiger partial charge < -0.3 is 20.3 Å². The number of nitrogens with zero attached hydrogens (tertiary/aromatic N) is 4. The third-order valence-electron chi connectivity index (χ3n) is 5.13. The fourth-order valence-electron chi connectivity index (χ4n) is 3.27. The number of benzene rings is 2. The summed E-state index contributed by atoms with van der Waals surface area (Å²) in [5.74, 6) is 1.40. The highest BCUT2D eigenvalue weighted by molar-refractivity contribution is 14.0. The van der Waals surface area contributed by atoms with Crippen LogP contribution in [0.4, 0.5) is 0 Å². The highest BCUT2D eigenvalue weighted by Gasteiger charge is 2.11. The van der Waals surface area contributed by atoms with Crippen LogP contribution in [0.5, 0.6) is 5.75 Å². The Balaban J connectivity index is 0.00000408. The van der Waals surface area contributed by atoms with E-state index in [9.17, 15) is 4.79 Å². The number of halogens is 1. The van der Waals surface area contributed by atoms with Crippen molar-refractivity contribution in [1.82, 2.24) is 25.3 Å². The minimum absolute atomic E-state index is 0. The quantitative estimate of drug-likeness (QED) is 0.233. The second-order valence-corrected chi connectivity index (χ2v) is 7.87. The average molecular weight is 576 g/mol. The lowest BCUT2D eigenvalue weighted by atomic mass is 10.1. The Morgan fingerprint density at radius 2 is 1.79 bits per heavy atom. The number of carbonyl (C=O) groups is 1. The zero-order valence-electron chi connectivity index (χ0n) is 20.1. The van der Waals surface area contributed by atoms with Gasteiger partial charge in [-0.1, -0.05) is 42.5 Å². The van der Waals surface area contributed by atoms with Gasteiger partial charge in [0, 0.05) is 45.0 Å². The van der Waals surface area contributed by atoms with E-state index >= 15 is 0 Å². The van der Waals surface area contributed by atoms with Crippen LogP contribution < -0.4 is 15.4 Å². The molecule has 0 unspecified atom stereocenters. The number of hydrogen-bond donors (Lipinski definition) is 2. The van der Waals surface area contributed by atoms with Crippen LogP contribution in [0, 0.1) is 0 Å². The Morgan fingerprint density at radius 3 is 2.44 bits per heavy atom. The number of ether oxygens (including phenoxy) is 1. The smallest absolute Gasteiger partial charge is 0.241 e. The van der Waals surface area contributed by atoms with Gasteiger partial charge in [-0.05, 0) is 24.1 Å². The zero-order valence-corrected chi connectivity index (χ0v) is 22.4. The molecule has 8 nitrogen and oxygen atoms in total. The number of amides is 1. The van der Waals surface area contributed by atoms with Crippen molar-refractivity contribution in [2.75, 3.05) is 34.3 Å². The van der Waals surface area contributed by atoms with Crippen LogP contribution in [-0.4, -0.2) is 60.8 Å². The summed E-state index contributed by atoms with van der Waals surface area (Å²) in [5.41, 5.74) is 4.15. The predicted octanol–water partition coefficient (Wildman–Crippen LogP) is 3.08. The monoisotopic (exact) mass is 576 g/mol. The van der Waals surface area contributed by atoms with Gasteiger partial charge in [0.25, 0.3) is 0 Å². The molecule has 0 saturated carbocycles. The van der Waals surface area contributed by atoms with E-state index in [1.165, 1.54) is 5.56 Å². The van der Waals surface area contributed by atoms with Gasteiger partial charge in [-0.15, -0.1) is 24.0 Å². The fourth-order valence-corrected chi connectivity index (χ4v) is 3.27. The number of aryl methyl sites for hydroxylation is 1. The Hall–Kier alpha value is -3.08. The third kappa shape index (κ3) is 8.05. The van der Waals surface area contributed by atoms with Gasteiger partial charge in [0.05, 0.1) is 25.9 Å². The largest absolute Gasteiger partial charge is 0.497 e. The van der Waals surface area contributed by atoms with Gasteiger partial charge in [0.2, 0.25) is 5.91 Å². The minimum atomic E-state index is -0.0222. The normalized spacial score (nSPS) is 10.9. The highest BCUT2D eigenvalue weighted by Crippen LogP contribution is 2.22. The second kappa shape index (κ2) is 13.6. The standard InChI is InChI=1S/C25H32N6O2.HI/c1-30(2)23(32)17-28-25(26-15-14-19-10-12-22(33-4)13-11-19)27-16-21-18-31(3)29-24(21)20-8-6-5-7-9-20;/h5-13,18H,14-17H2,1-4H3,(H2,26,27,28);1H. The molecular formula is C25H33IN6O2. The Labute approximate surface area is 218 Å². The third-order valence-corrected chi connectivity index (χ3v) is 5.13. The van der Waals surface area contributed by atoms with E-state index in [0.717, 1.165) is 29.0 Å². The molecule has 0 saturated heterocycles. The van der Waals surface area contributed by atoms with Gasteiger partial charge in [0.1, 0.15) is 5.75 Å². The lowest BCUT2D eigenvalue weighted by Gasteiger charge is -2.15. The summed E-state index contributed by atoms with van der Waals surface area (Å²) in [6.07, 6.45) is 2.79. The number of likely N-dealkylation sites (N-methyl/N-ethyl adjacent to an activating group) is 1. The van der Waals surface area contributed by atoms with Gasteiger partial charge in [-0.2, -0.15) is 5.10 Å². The van der Waals surface area contributed by atoms with Crippen LogP contribution in [0.1, 0.15) is 11.1 Å². The van der Waals surface area contributed by atoms with Gasteiger partial charge in [-0.25, -0.2) is 4.99 Å². The summed E-state index contributed by atoms with van der Waals surface area (Å²) in [6.45, 7) is 1.28. The lowest BCUT2D eigenvalue weighted by Crippen LogP contribution is -2.43. The zero-order chi connectivity index (χ0) is 23.6. The molecule has 0 aliphatic rings. The molecule has 1 aromatic heterocycles. The number of hydrogen-bond acceptors (Lipinski definition) is 4. The molecule has 2 aromatic carbocycles. The van der Waals surface area contributed by atoms with Crippen LogP contribution in [-0.2, 0) is 24.8 Å². The van der Waals surface area contributed by atoms with E-state index in [1.807, 2.05) is 67.8 Å². The molecule has 2 N–H and O–H groups in total. The molecule has 182 valence electrons. The van der Waals surface area contributed by atoms with Crippen molar-refractivity contribution in [1.29, 1.82) is 0 Å². The van der Waals surface area contributed by atoms with Crippen molar-refractivity contribution in [2.45, 2.75) is 13.0 Å². The van der Waals surface area contributed by atoms with Crippen LogP contribution in [0.3, 0.4) is 0 Å². The first-order chi connectivity index (χ1) is 16.0. The number of aliphatic imine (C=N–C) groups is 1. The molecule has 0 bridgehead atoms. The van der Waals surface area contributed by atoms with Crippen molar-refractivity contribution in [3.05, 3.63) is 71.9 Å². The molecule has 3 rings (SSSR count). The molecule has 0 spiro atoms. The van der Waals surface area contributed by atoms with Crippen molar-refractivity contribution in [2.24, 2.45) is 12.0 Å². The SMILES string of the molecule is COc1ccc(CCNC(=NCc2cn(C)nc2-c2ccccc2)NCC(=O)N(C)C)cc1.I. The van der Waals surface area contributed by atoms with Crippen LogP contribution in [0.15, 0.2) is 65.8 Å². The molecule has 1 amide bonds. The summed E-state index contributed by atoms with van der Waals surface area (Å²) in [6, 6.07) is 18.0. The van der Waals surface area contributed by atoms with Gasteiger partial charge >= 0.3 is 0 Å². The number of guanidine groups is 1. The summed E-state index contributed by atoms with van der Waals surface area (Å²) >= 11 is 0. The first-order valence-corrected chi connectivity index (χ1v) is 10.9. The predicted molar refractivity (Wildman–Crippen MR) is 147 cm³/mol. The number of methoxy groups -OCH3 is 1. The van der Waals surface area contributed by atoms with Gasteiger partial charge in [-0.3, -0.25) is 9.48 Å². The van der Waals surface area contributed by atoms with E-state index < -0.39 is 0 Å². The summed E-state index contributed by atoms with van der Waals surface area (Å²) < 4.78 is 7.01. The van der Waals surface area contributed by atoms with Crippen molar-refractivity contribution in [3.8, 4) is 17.0 Å². The van der Waals surface area contributed by atoms with Crippen LogP contribution >= 0.6 is 24.0 Å². The average Bonchev–Trinajstić information content (AvgIpc) is 3.21. The van der Waals surface area contributed by atoms with Crippen molar-refractivity contribution < 1.29 is 9.53 Å². The Kier molecular flexibility index (Phi) is 10.9. The number of aromatic nitrogens is 2. The molecule has 3 aromatic rings. The van der Waals surface area contributed by atoms with Gasteiger partial charge in [0.15, 0.2) is 5.96 Å². The first kappa shape index (κ1) is 27.2. The van der Waals surface area contributed by atoms with Crippen molar-refractivity contribution >= 4 is 35.8 Å². The van der Waals surface area contributed by atoms with E-state index in [1.54, 1.807) is 30.8 Å². The summed E-state index contributed by atoms with van der Waals surface area (Å²) in [7, 11) is 7.03. The van der Waals surface area contributed by atoms with Crippen LogP contribution in [0.2, 0.25) is 0 Å². The maximum Gasteiger partial charge on any atom is 0.241 e. The van der Waals surface area contributed by atoms with E-state index in [0.29, 0.717) is 19.0 Å². The molecule has 0 radical (unpaired) electrons. The maximum absolute atomic E-state index is 12.1. The molecule has 0 atom stereocenters. The Bertz CT molecular complexity index is 1060. The molecular weight excluding hydrogens is 543 g/mol. The summed E-state index contributed by atoms with van der Waals surface area (Å²) in [4.78, 5) is 18.4. The molecule has 1 heterocycles. The summed E-state index contributed by atoms with van der Waals surface area (Å²) in [5, 5.41) is 11.1. The van der Waals surface area contributed by atoms with E-state index in [-0.39, 0.29) is 36.4 Å². The second-order valence-electron chi connectivity index (χ2n) is 7.87. The molecule has 0 fully saturated rings. The van der Waals surface area contributed by atoms with Crippen LogP contribution in [0.25, 0.3) is 11.3 Å². The number of rotatable bonds is 9. The topological polar surface area (TPSA) is 83.8 Å². The van der Waals surface area contributed by atoms with E-state index in [2.05, 4.69) is 15.7 Å². The van der Waals surface area contributed by atoms with Crippen molar-refractivity contribution in [3.63, 3.8) is 0 Å². The number of nitrogens with one attached hydrogen (secondary N) is 2. The van der Waals surface area contributed by atoms with E-state index in [4.69, 9.17) is 9.73 Å². The Morgan fingerprint density at radius 1 is 1.09 bits per heavy atom. The number of carbonyl (C=O) groups excluding carboxylic acids is 1. The highest BCUT2D eigenvalue weighted by atomic mass is 127. The lowest BCUT2D eigenvalue weighted by molar-refractivity contribution is -0.127. The maximum atomic E-state index is 12.1. The molecule has 0 aliphatic carbocycles.